The molecule has 3 heterocycles. The molecule has 0 saturated heterocycles. The topological polar surface area (TPSA) is 120 Å². The molecule has 0 fully saturated rings. The Hall–Kier alpha value is -4.22. The summed E-state index contributed by atoms with van der Waals surface area (Å²) in [5.74, 6) is -0.292. The van der Waals surface area contributed by atoms with E-state index in [1.165, 1.54) is 10.6 Å². The van der Waals surface area contributed by atoms with Crippen LogP contribution in [0, 0.1) is 0 Å². The van der Waals surface area contributed by atoms with Gasteiger partial charge in [0.15, 0.2) is 4.80 Å². The number of ether oxygens (including phenoxy) is 2. The number of nitrogens with zero attached hydrogens (tertiary/aromatic N) is 2. The smallest absolute Gasteiger partial charge is 0.338 e. The molecular formula is C29H23BrN2O7S. The molecule has 2 aromatic carbocycles. The third-order valence-electron chi connectivity index (χ3n) is 6.33. The number of fused-ring (bicyclic) bond motifs is 1. The fourth-order valence-electron chi connectivity index (χ4n) is 4.55. The van der Waals surface area contributed by atoms with E-state index in [9.17, 15) is 19.5 Å². The molecule has 0 bridgehead atoms. The summed E-state index contributed by atoms with van der Waals surface area (Å²) in [5.41, 5.74) is 1.56. The number of carboxylic acid groups (broad SMARTS) is 1. The number of carbonyl (C=O) groups excluding carboxylic acids is 1. The average molecular weight is 623 g/mol. The summed E-state index contributed by atoms with van der Waals surface area (Å²) in [6.45, 7) is 3.60. The van der Waals surface area contributed by atoms with Crippen LogP contribution in [-0.2, 0) is 9.53 Å². The van der Waals surface area contributed by atoms with Crippen molar-refractivity contribution in [1.29, 1.82) is 0 Å². The first kappa shape index (κ1) is 27.4. The highest BCUT2D eigenvalue weighted by molar-refractivity contribution is 9.10. The van der Waals surface area contributed by atoms with Crippen molar-refractivity contribution in [2.45, 2.75) is 19.9 Å². The van der Waals surface area contributed by atoms with Crippen LogP contribution in [0.5, 0.6) is 5.75 Å². The molecule has 204 valence electrons. The van der Waals surface area contributed by atoms with E-state index in [0.29, 0.717) is 47.9 Å². The van der Waals surface area contributed by atoms with Gasteiger partial charge in [-0.3, -0.25) is 9.36 Å². The summed E-state index contributed by atoms with van der Waals surface area (Å²) < 4.78 is 19.1. The van der Waals surface area contributed by atoms with Crippen LogP contribution in [0.1, 0.15) is 41.6 Å². The van der Waals surface area contributed by atoms with Crippen LogP contribution in [0.15, 0.2) is 84.5 Å². The highest BCUT2D eigenvalue weighted by Crippen LogP contribution is 2.35. The number of esters is 1. The molecule has 2 aromatic heterocycles. The van der Waals surface area contributed by atoms with Gasteiger partial charge < -0.3 is 19.0 Å². The number of thiazole rings is 1. The molecule has 9 nitrogen and oxygen atoms in total. The molecule has 0 amide bonds. The average Bonchev–Trinajstić information content (AvgIpc) is 3.52. The van der Waals surface area contributed by atoms with Gasteiger partial charge in [0.2, 0.25) is 0 Å². The number of aromatic nitrogens is 1. The first-order valence-corrected chi connectivity index (χ1v) is 13.8. The molecular weight excluding hydrogens is 600 g/mol. The zero-order valence-electron chi connectivity index (χ0n) is 21.6. The highest BCUT2D eigenvalue weighted by atomic mass is 79.9. The fraction of sp³-hybridized carbons (Fsp3) is 0.172. The lowest BCUT2D eigenvalue weighted by molar-refractivity contribution is -0.139. The Morgan fingerprint density at radius 3 is 2.67 bits per heavy atom. The van der Waals surface area contributed by atoms with Gasteiger partial charge in [0, 0.05) is 11.6 Å². The molecule has 1 atom stereocenters. The lowest BCUT2D eigenvalue weighted by Gasteiger charge is -2.25. The Morgan fingerprint density at radius 2 is 1.98 bits per heavy atom. The van der Waals surface area contributed by atoms with Gasteiger partial charge in [-0.2, -0.15) is 0 Å². The number of hydrogen-bond acceptors (Lipinski definition) is 8. The number of aromatic carboxylic acids is 1. The molecule has 1 aliphatic rings. The summed E-state index contributed by atoms with van der Waals surface area (Å²) in [6.07, 6.45) is 1.58. The Balaban J connectivity index is 1.65. The number of carbonyl (C=O) groups is 2. The zero-order chi connectivity index (χ0) is 28.6. The van der Waals surface area contributed by atoms with Gasteiger partial charge in [-0.25, -0.2) is 14.6 Å². The van der Waals surface area contributed by atoms with Crippen LogP contribution in [0.3, 0.4) is 0 Å². The molecule has 0 radical (unpaired) electrons. The van der Waals surface area contributed by atoms with E-state index < -0.39 is 18.0 Å². The van der Waals surface area contributed by atoms with Crippen LogP contribution in [0.4, 0.5) is 0 Å². The number of hydrogen-bond donors (Lipinski definition) is 1. The fourth-order valence-corrected chi connectivity index (χ4v) is 6.13. The van der Waals surface area contributed by atoms with E-state index in [1.54, 1.807) is 75.6 Å². The second-order valence-electron chi connectivity index (χ2n) is 8.75. The first-order valence-electron chi connectivity index (χ1n) is 12.2. The number of carboxylic acids is 1. The third kappa shape index (κ3) is 4.93. The summed E-state index contributed by atoms with van der Waals surface area (Å²) in [5, 5.41) is 9.53. The molecule has 0 aliphatic carbocycles. The number of halogens is 1. The van der Waals surface area contributed by atoms with Crippen LogP contribution in [0.25, 0.3) is 17.4 Å². The van der Waals surface area contributed by atoms with Crippen LogP contribution < -0.4 is 19.6 Å². The molecule has 40 heavy (non-hydrogen) atoms. The van der Waals surface area contributed by atoms with Crippen molar-refractivity contribution in [3.05, 3.63) is 107 Å². The summed E-state index contributed by atoms with van der Waals surface area (Å²) in [7, 11) is 1.55. The maximum Gasteiger partial charge on any atom is 0.338 e. The first-order chi connectivity index (χ1) is 19.2. The van der Waals surface area contributed by atoms with E-state index in [-0.39, 0.29) is 23.3 Å². The molecule has 0 unspecified atom stereocenters. The number of furan rings is 1. The number of benzene rings is 2. The van der Waals surface area contributed by atoms with Gasteiger partial charge in [-0.15, -0.1) is 0 Å². The number of allylic oxidation sites excluding steroid dienone is 1. The number of methoxy groups -OCH3 is 1. The Morgan fingerprint density at radius 1 is 1.20 bits per heavy atom. The van der Waals surface area contributed by atoms with Crippen molar-refractivity contribution in [1.82, 2.24) is 4.57 Å². The summed E-state index contributed by atoms with van der Waals surface area (Å²) in [6, 6.07) is 14.4. The largest absolute Gasteiger partial charge is 0.496 e. The minimum absolute atomic E-state index is 0.107. The normalized spacial score (nSPS) is 15.0. The van der Waals surface area contributed by atoms with Crippen LogP contribution in [-0.4, -0.2) is 35.3 Å². The predicted octanol–water partition coefficient (Wildman–Crippen LogP) is 4.53. The maximum atomic E-state index is 13.8. The standard InChI is InChI=1S/C29H23BrN2O7S/c1-4-38-28(36)24-15(2)31-29-32(25(24)16-9-11-22(37-3)20(30)13-16)26(33)23(40-29)14-17-10-12-21(39-17)18-7-5-6-8-19(18)27(34)35/h5-14,25H,4H2,1-3H3,(H,34,35)/b23-14+/t25-/m1/s1. The molecule has 4 aromatic rings. The SMILES string of the molecule is CCOC(=O)C1=C(C)N=c2s/c(=C/c3ccc(-c4ccccc4C(=O)O)o3)c(=O)n2[C@@H]1c1ccc(OC)c(Br)c1. The van der Waals surface area contributed by atoms with Gasteiger partial charge in [0.05, 0.1) is 45.6 Å². The lowest BCUT2D eigenvalue weighted by atomic mass is 9.96. The van der Waals surface area contributed by atoms with E-state index in [0.717, 1.165) is 11.3 Å². The van der Waals surface area contributed by atoms with E-state index in [4.69, 9.17) is 13.9 Å². The molecule has 1 N–H and O–H groups in total. The van der Waals surface area contributed by atoms with E-state index in [2.05, 4.69) is 20.9 Å². The molecule has 0 spiro atoms. The van der Waals surface area contributed by atoms with Gasteiger partial charge >= 0.3 is 11.9 Å². The minimum Gasteiger partial charge on any atom is -0.496 e. The van der Waals surface area contributed by atoms with E-state index in [1.807, 2.05) is 0 Å². The predicted molar refractivity (Wildman–Crippen MR) is 152 cm³/mol. The van der Waals surface area contributed by atoms with Crippen molar-refractivity contribution in [2.24, 2.45) is 4.99 Å². The second kappa shape index (κ2) is 11.1. The third-order valence-corrected chi connectivity index (χ3v) is 7.93. The van der Waals surface area contributed by atoms with E-state index >= 15 is 0 Å². The maximum absolute atomic E-state index is 13.8. The highest BCUT2D eigenvalue weighted by Gasteiger charge is 2.33. The van der Waals surface area contributed by atoms with Crippen molar-refractivity contribution >= 4 is 45.3 Å². The summed E-state index contributed by atoms with van der Waals surface area (Å²) >= 11 is 4.66. The molecule has 11 heteroatoms. The summed E-state index contributed by atoms with van der Waals surface area (Å²) in [4.78, 5) is 43.5. The quantitative estimate of drug-likeness (QED) is 0.301. The lowest BCUT2D eigenvalue weighted by Crippen LogP contribution is -2.39. The van der Waals surface area contributed by atoms with Gasteiger partial charge in [-0.1, -0.05) is 35.6 Å². The second-order valence-corrected chi connectivity index (χ2v) is 10.6. The Kier molecular flexibility index (Phi) is 7.59. The van der Waals surface area contributed by atoms with Gasteiger partial charge in [0.25, 0.3) is 5.56 Å². The van der Waals surface area contributed by atoms with Gasteiger partial charge in [0.1, 0.15) is 17.3 Å². The van der Waals surface area contributed by atoms with Gasteiger partial charge in [-0.05, 0) is 65.7 Å². The molecule has 0 saturated carbocycles. The van der Waals surface area contributed by atoms with Crippen molar-refractivity contribution in [3.63, 3.8) is 0 Å². The Labute approximate surface area is 240 Å². The Bertz CT molecular complexity index is 1870. The molecule has 5 rings (SSSR count). The minimum atomic E-state index is -1.07. The van der Waals surface area contributed by atoms with Crippen molar-refractivity contribution in [3.8, 4) is 17.1 Å². The monoisotopic (exact) mass is 622 g/mol. The molecule has 1 aliphatic heterocycles. The number of rotatable bonds is 7. The zero-order valence-corrected chi connectivity index (χ0v) is 24.0. The van der Waals surface area contributed by atoms with Crippen LogP contribution in [0.2, 0.25) is 0 Å². The van der Waals surface area contributed by atoms with Crippen molar-refractivity contribution < 1.29 is 28.6 Å². The van der Waals surface area contributed by atoms with Crippen LogP contribution >= 0.6 is 27.3 Å². The van der Waals surface area contributed by atoms with Crippen molar-refractivity contribution in [2.75, 3.05) is 13.7 Å².